The Morgan fingerprint density at radius 3 is 1.42 bits per heavy atom. The van der Waals surface area contributed by atoms with Crippen LogP contribution < -0.4 is 43.4 Å². The van der Waals surface area contributed by atoms with Gasteiger partial charge in [0.1, 0.15) is 29.2 Å². The number of anilines is 2. The molecule has 308 valence electrons. The number of rotatable bonds is 16. The lowest BCUT2D eigenvalue weighted by molar-refractivity contribution is -0.125. The van der Waals surface area contributed by atoms with Crippen molar-refractivity contribution in [2.75, 3.05) is 36.8 Å². The summed E-state index contributed by atoms with van der Waals surface area (Å²) in [6, 6.07) is 18.1. The Labute approximate surface area is 336 Å². The van der Waals surface area contributed by atoms with Crippen molar-refractivity contribution in [1.29, 1.82) is 0 Å². The molecule has 6 rings (SSSR count). The van der Waals surface area contributed by atoms with Gasteiger partial charge in [0, 0.05) is 75.8 Å². The van der Waals surface area contributed by atoms with Crippen molar-refractivity contribution in [3.05, 3.63) is 95.4 Å². The maximum atomic E-state index is 13.3. The predicted molar refractivity (Wildman–Crippen MR) is 221 cm³/mol. The summed E-state index contributed by atoms with van der Waals surface area (Å²) in [5.41, 5.74) is 15.2. The van der Waals surface area contributed by atoms with Crippen LogP contribution in [0.15, 0.2) is 72.8 Å². The van der Waals surface area contributed by atoms with E-state index in [9.17, 15) is 39.0 Å². The van der Waals surface area contributed by atoms with E-state index in [-0.39, 0.29) is 43.3 Å². The van der Waals surface area contributed by atoms with Crippen LogP contribution in [0, 0.1) is 0 Å². The van der Waals surface area contributed by atoms with Gasteiger partial charge in [0.2, 0.25) is 11.8 Å². The smallest absolute Gasteiger partial charge is 0.272 e. The molecule has 0 fully saturated rings. The number of nitrogens with two attached hydrogens (primary N) is 2. The predicted octanol–water partition coefficient (Wildman–Crippen LogP) is 0.743. The third-order valence-electron chi connectivity index (χ3n) is 9.44. The Hall–Kier alpha value is -7.06. The SMILES string of the molecule is CC(O)C(N)C(=O)NCCNC(=O)c1cc2ccc(NC(=O)c3ccc4[nH]c(C(=O)Nc5ccc6cc(C(=O)NCCNC(=O)C(N)C(C)O)[nH]c6c5)cc4c3)cc2[nH]1. The second kappa shape index (κ2) is 18.0. The summed E-state index contributed by atoms with van der Waals surface area (Å²) in [4.78, 5) is 84.8. The molecule has 6 amide bonds. The standard InChI is InChI=1S/C40H45N11O8/c1-19(52)33(41)39(58)45-11-9-43-36(55)30-14-21-3-6-25(17-28(21)50-30)47-35(54)23-5-8-27-24(13-23)16-32(49-27)38(57)48-26-7-4-22-15-31(51-29(22)18-26)37(56)44-10-12-46-40(59)34(42)20(2)53/h3-8,13-20,33-34,49-53H,9-12,41-42H2,1-2H3,(H,43,55)(H,44,56)(H,45,58)(H,46,59)(H,47,54)(H,48,57). The minimum absolute atomic E-state index is 0.123. The highest BCUT2D eigenvalue weighted by molar-refractivity contribution is 6.10. The lowest BCUT2D eigenvalue weighted by Crippen LogP contribution is -2.48. The van der Waals surface area contributed by atoms with Gasteiger partial charge < -0.3 is 68.5 Å². The van der Waals surface area contributed by atoms with Crippen LogP contribution in [0.1, 0.15) is 55.7 Å². The molecule has 0 saturated heterocycles. The Morgan fingerprint density at radius 1 is 0.508 bits per heavy atom. The van der Waals surface area contributed by atoms with Crippen molar-refractivity contribution in [3.63, 3.8) is 0 Å². The van der Waals surface area contributed by atoms with Gasteiger partial charge in [0.05, 0.1) is 12.2 Å². The average molecular weight is 808 g/mol. The second-order valence-corrected chi connectivity index (χ2v) is 14.0. The van der Waals surface area contributed by atoms with Crippen molar-refractivity contribution in [2.45, 2.75) is 38.1 Å². The number of aromatic nitrogens is 3. The number of hydrogen-bond acceptors (Lipinski definition) is 10. The third kappa shape index (κ3) is 10.1. The van der Waals surface area contributed by atoms with E-state index < -0.39 is 59.7 Å². The largest absolute Gasteiger partial charge is 0.391 e. The monoisotopic (exact) mass is 807 g/mol. The summed E-state index contributed by atoms with van der Waals surface area (Å²) in [6.45, 7) is 3.34. The highest BCUT2D eigenvalue weighted by Crippen LogP contribution is 2.24. The van der Waals surface area contributed by atoms with E-state index in [0.29, 0.717) is 38.9 Å². The Balaban J connectivity index is 1.02. The van der Waals surface area contributed by atoms with E-state index in [0.717, 1.165) is 10.8 Å². The van der Waals surface area contributed by atoms with Crippen LogP contribution >= 0.6 is 0 Å². The van der Waals surface area contributed by atoms with Gasteiger partial charge in [-0.25, -0.2) is 0 Å². The molecular formula is C40H45N11O8. The van der Waals surface area contributed by atoms with Gasteiger partial charge in [0.15, 0.2) is 0 Å². The molecule has 0 saturated carbocycles. The van der Waals surface area contributed by atoms with Crippen LogP contribution in [0.3, 0.4) is 0 Å². The van der Waals surface area contributed by atoms with Crippen LogP contribution in [0.5, 0.6) is 0 Å². The van der Waals surface area contributed by atoms with E-state index in [4.69, 9.17) is 11.5 Å². The fourth-order valence-electron chi connectivity index (χ4n) is 6.04. The van der Waals surface area contributed by atoms with Crippen molar-refractivity contribution >= 4 is 79.5 Å². The maximum Gasteiger partial charge on any atom is 0.272 e. The van der Waals surface area contributed by atoms with E-state index >= 15 is 0 Å². The summed E-state index contributed by atoms with van der Waals surface area (Å²) in [5.74, 6) is -2.67. The molecule has 4 unspecified atom stereocenters. The number of carbonyl (C=O) groups is 6. The fraction of sp³-hybridized carbons (Fsp3) is 0.250. The average Bonchev–Trinajstić information content (AvgIpc) is 3.96. The summed E-state index contributed by atoms with van der Waals surface area (Å²) in [5, 5.41) is 37.1. The van der Waals surface area contributed by atoms with Gasteiger partial charge >= 0.3 is 0 Å². The first-order valence-electron chi connectivity index (χ1n) is 18.7. The molecular weight excluding hydrogens is 763 g/mol. The normalized spacial score (nSPS) is 13.3. The lowest BCUT2D eigenvalue weighted by atomic mass is 10.1. The van der Waals surface area contributed by atoms with Crippen LogP contribution in [-0.4, -0.2) is 111 Å². The first kappa shape index (κ1) is 41.6. The second-order valence-electron chi connectivity index (χ2n) is 14.0. The molecule has 19 nitrogen and oxygen atoms in total. The first-order chi connectivity index (χ1) is 28.2. The number of aliphatic hydroxyl groups is 2. The summed E-state index contributed by atoms with van der Waals surface area (Å²) in [6.07, 6.45) is -2.01. The molecule has 0 radical (unpaired) electrons. The number of aromatic amines is 3. The number of carbonyl (C=O) groups excluding carboxylic acids is 6. The molecule has 3 aromatic heterocycles. The fourth-order valence-corrected chi connectivity index (χ4v) is 6.04. The maximum absolute atomic E-state index is 13.3. The number of H-pyrrole nitrogens is 3. The minimum Gasteiger partial charge on any atom is -0.391 e. The summed E-state index contributed by atoms with van der Waals surface area (Å²) >= 11 is 0. The minimum atomic E-state index is -1.07. The van der Waals surface area contributed by atoms with Crippen LogP contribution in [0.2, 0.25) is 0 Å². The van der Waals surface area contributed by atoms with Crippen molar-refractivity contribution < 1.29 is 39.0 Å². The van der Waals surface area contributed by atoms with Crippen LogP contribution in [-0.2, 0) is 9.59 Å². The van der Waals surface area contributed by atoms with Gasteiger partial charge in [0.25, 0.3) is 23.6 Å². The number of nitrogens with one attached hydrogen (secondary N) is 9. The van der Waals surface area contributed by atoms with Gasteiger partial charge in [-0.3, -0.25) is 28.8 Å². The van der Waals surface area contributed by atoms with E-state index in [1.54, 1.807) is 72.8 Å². The molecule has 6 aromatic rings. The molecule has 0 aliphatic carbocycles. The number of hydrogen-bond donors (Lipinski definition) is 13. The van der Waals surface area contributed by atoms with Crippen molar-refractivity contribution in [1.82, 2.24) is 36.2 Å². The zero-order valence-corrected chi connectivity index (χ0v) is 32.1. The van der Waals surface area contributed by atoms with E-state index in [1.807, 2.05) is 0 Å². The molecule has 15 N–H and O–H groups in total. The lowest BCUT2D eigenvalue weighted by Gasteiger charge is -2.14. The van der Waals surface area contributed by atoms with Gasteiger partial charge in [-0.15, -0.1) is 0 Å². The molecule has 0 bridgehead atoms. The van der Waals surface area contributed by atoms with Crippen LogP contribution in [0.4, 0.5) is 11.4 Å². The zero-order valence-electron chi connectivity index (χ0n) is 32.1. The highest BCUT2D eigenvalue weighted by Gasteiger charge is 2.20. The molecule has 0 aliphatic rings. The molecule has 0 aliphatic heterocycles. The third-order valence-corrected chi connectivity index (χ3v) is 9.44. The summed E-state index contributed by atoms with van der Waals surface area (Å²) in [7, 11) is 0. The number of benzene rings is 3. The Bertz CT molecular complexity index is 2420. The topological polar surface area (TPSA) is 314 Å². The zero-order chi connectivity index (χ0) is 42.4. The van der Waals surface area contributed by atoms with Crippen molar-refractivity contribution in [2.24, 2.45) is 11.5 Å². The van der Waals surface area contributed by atoms with Gasteiger partial charge in [-0.2, -0.15) is 0 Å². The van der Waals surface area contributed by atoms with E-state index in [2.05, 4.69) is 46.9 Å². The number of fused-ring (bicyclic) bond motifs is 3. The molecule has 3 heterocycles. The highest BCUT2D eigenvalue weighted by atomic mass is 16.3. The molecule has 0 spiro atoms. The Morgan fingerprint density at radius 2 is 0.932 bits per heavy atom. The first-order valence-corrected chi connectivity index (χ1v) is 18.7. The molecule has 3 aromatic carbocycles. The Kier molecular flexibility index (Phi) is 12.7. The molecule has 4 atom stereocenters. The van der Waals surface area contributed by atoms with Crippen molar-refractivity contribution in [3.8, 4) is 0 Å². The van der Waals surface area contributed by atoms with Gasteiger partial charge in [-0.05, 0) is 74.5 Å². The quantitative estimate of drug-likeness (QED) is 0.0609. The van der Waals surface area contributed by atoms with Gasteiger partial charge in [-0.1, -0.05) is 12.1 Å². The number of amides is 6. The molecule has 59 heavy (non-hydrogen) atoms. The van der Waals surface area contributed by atoms with E-state index in [1.165, 1.54) is 13.8 Å². The van der Waals surface area contributed by atoms with Crippen LogP contribution in [0.25, 0.3) is 32.7 Å². The summed E-state index contributed by atoms with van der Waals surface area (Å²) < 4.78 is 0. The molecule has 19 heteroatoms. The number of aliphatic hydroxyl groups excluding tert-OH is 2.